The second-order valence-electron chi connectivity index (χ2n) is 7.10. The number of benzene rings is 1. The fraction of sp³-hybridized carbons (Fsp3) is 0.286. The average molecular weight is 413 g/mol. The van der Waals surface area contributed by atoms with Gasteiger partial charge in [-0.2, -0.15) is 5.10 Å². The monoisotopic (exact) mass is 412 g/mol. The van der Waals surface area contributed by atoms with Gasteiger partial charge in [-0.15, -0.1) is 0 Å². The third-order valence-electron chi connectivity index (χ3n) is 4.54. The van der Waals surface area contributed by atoms with Gasteiger partial charge in [-0.1, -0.05) is 6.07 Å². The van der Waals surface area contributed by atoms with Crippen LogP contribution in [0.15, 0.2) is 71.0 Å². The molecule has 1 aromatic carbocycles. The van der Waals surface area contributed by atoms with Gasteiger partial charge in [-0.3, -0.25) is 14.5 Å². The highest BCUT2D eigenvalue weighted by atomic mass is 32.2. The molecule has 1 aliphatic carbocycles. The van der Waals surface area contributed by atoms with Gasteiger partial charge in [0.05, 0.1) is 11.1 Å². The molecule has 1 fully saturated rings. The van der Waals surface area contributed by atoms with E-state index in [9.17, 15) is 13.2 Å². The molecule has 1 N–H and O–H groups in total. The maximum Gasteiger partial charge on any atom is 0.211 e. The number of amides is 1. The Bertz CT molecular complexity index is 1040. The fourth-order valence-corrected chi connectivity index (χ4v) is 3.91. The Labute approximate surface area is 170 Å². The molecular formula is C21H24N4O3S. The third kappa shape index (κ3) is 5.29. The minimum Gasteiger partial charge on any atom is -0.329 e. The molecule has 0 radical (unpaired) electrons. The molecule has 0 saturated heterocycles. The summed E-state index contributed by atoms with van der Waals surface area (Å²) in [6.07, 6.45) is 9.92. The molecule has 0 spiro atoms. The summed E-state index contributed by atoms with van der Waals surface area (Å²) >= 11 is 0. The molecular weight excluding hydrogens is 388 g/mol. The van der Waals surface area contributed by atoms with Gasteiger partial charge in [-0.25, -0.2) is 8.42 Å². The molecule has 1 aliphatic rings. The van der Waals surface area contributed by atoms with E-state index in [1.807, 2.05) is 32.3 Å². The minimum atomic E-state index is -3.58. The lowest BCUT2D eigenvalue weighted by Crippen LogP contribution is -2.03. The first-order valence-corrected chi connectivity index (χ1v) is 10.9. The lowest BCUT2D eigenvalue weighted by molar-refractivity contribution is -0.105. The zero-order valence-corrected chi connectivity index (χ0v) is 17.2. The average Bonchev–Trinajstić information content (AvgIpc) is 3.45. The van der Waals surface area contributed by atoms with Gasteiger partial charge in [-0.05, 0) is 68.5 Å². The van der Waals surface area contributed by atoms with Gasteiger partial charge in [0, 0.05) is 30.3 Å². The Balaban J connectivity index is 0.000000220. The largest absolute Gasteiger partial charge is 0.329 e. The molecule has 0 aliphatic heterocycles. The number of aromatic nitrogens is 3. The second-order valence-corrected chi connectivity index (χ2v) is 9.05. The number of sulfone groups is 1. The van der Waals surface area contributed by atoms with Gasteiger partial charge >= 0.3 is 0 Å². The molecule has 2 aromatic heterocycles. The van der Waals surface area contributed by atoms with Crippen molar-refractivity contribution in [2.45, 2.75) is 48.4 Å². The number of pyridine rings is 1. The predicted octanol–water partition coefficient (Wildman–Crippen LogP) is 3.82. The number of nitrogens with zero attached hydrogens (tertiary/aromatic N) is 3. The lowest BCUT2D eigenvalue weighted by atomic mass is 10.2. The molecule has 4 rings (SSSR count). The van der Waals surface area contributed by atoms with Gasteiger partial charge in [0.15, 0.2) is 0 Å². The Morgan fingerprint density at radius 3 is 2.34 bits per heavy atom. The standard InChI is InChI=1S/C13H15N3O3S.C8H9N/c1-10(2)16-8-13(7-15-16)20(18,19)12-5-3-11(4-6-12)14-9-17;1-2-8(6-9-5-1)7-3-4-7/h3-10H,1-2H3,(H,14,17);1-2,5-7H,3-4H2. The maximum absolute atomic E-state index is 12.4. The highest BCUT2D eigenvalue weighted by Gasteiger charge is 2.23. The van der Waals surface area contributed by atoms with Gasteiger partial charge in [0.2, 0.25) is 16.2 Å². The van der Waals surface area contributed by atoms with Crippen LogP contribution >= 0.6 is 0 Å². The number of nitrogens with one attached hydrogen (secondary N) is 1. The van der Waals surface area contributed by atoms with E-state index < -0.39 is 9.84 Å². The maximum atomic E-state index is 12.4. The molecule has 29 heavy (non-hydrogen) atoms. The van der Waals surface area contributed by atoms with Crippen LogP contribution in [0, 0.1) is 0 Å². The quantitative estimate of drug-likeness (QED) is 0.621. The Morgan fingerprint density at radius 2 is 1.83 bits per heavy atom. The SMILES string of the molecule is CC(C)n1cc(S(=O)(=O)c2ccc(NC=O)cc2)cn1.c1cncc(C2CC2)c1. The number of hydrogen-bond donors (Lipinski definition) is 1. The molecule has 1 saturated carbocycles. The van der Waals surface area contributed by atoms with E-state index in [-0.39, 0.29) is 15.8 Å². The summed E-state index contributed by atoms with van der Waals surface area (Å²) in [7, 11) is -3.58. The first kappa shape index (κ1) is 20.7. The van der Waals surface area contributed by atoms with E-state index >= 15 is 0 Å². The molecule has 0 unspecified atom stereocenters. The normalized spacial score (nSPS) is 13.5. The van der Waals surface area contributed by atoms with Crippen LogP contribution in [0.4, 0.5) is 5.69 Å². The lowest BCUT2D eigenvalue weighted by Gasteiger charge is -2.05. The Hall–Kier alpha value is -3.00. The summed E-state index contributed by atoms with van der Waals surface area (Å²) in [6.45, 7) is 3.84. The summed E-state index contributed by atoms with van der Waals surface area (Å²) in [5, 5.41) is 6.49. The van der Waals surface area contributed by atoms with Crippen molar-refractivity contribution in [3.63, 3.8) is 0 Å². The van der Waals surface area contributed by atoms with Crippen LogP contribution in [-0.4, -0.2) is 29.6 Å². The van der Waals surface area contributed by atoms with Gasteiger partial charge in [0.25, 0.3) is 0 Å². The Morgan fingerprint density at radius 1 is 1.10 bits per heavy atom. The molecule has 7 nitrogen and oxygen atoms in total. The van der Waals surface area contributed by atoms with E-state index in [0.717, 1.165) is 5.92 Å². The number of carbonyl (C=O) groups excluding carboxylic acids is 1. The molecule has 0 bridgehead atoms. The Kier molecular flexibility index (Phi) is 6.43. The minimum absolute atomic E-state index is 0.0955. The molecule has 0 atom stereocenters. The third-order valence-corrected chi connectivity index (χ3v) is 6.26. The van der Waals surface area contributed by atoms with Crippen molar-refractivity contribution in [1.82, 2.24) is 14.8 Å². The van der Waals surface area contributed by atoms with Crippen LogP contribution in [-0.2, 0) is 14.6 Å². The van der Waals surface area contributed by atoms with E-state index in [1.54, 1.807) is 4.68 Å². The first-order valence-electron chi connectivity index (χ1n) is 9.41. The van der Waals surface area contributed by atoms with Crippen molar-refractivity contribution in [3.8, 4) is 0 Å². The fourth-order valence-electron chi connectivity index (χ4n) is 2.71. The van der Waals surface area contributed by atoms with Crippen molar-refractivity contribution < 1.29 is 13.2 Å². The van der Waals surface area contributed by atoms with Crippen LogP contribution < -0.4 is 5.32 Å². The van der Waals surface area contributed by atoms with Crippen molar-refractivity contribution in [2.24, 2.45) is 0 Å². The number of anilines is 1. The molecule has 8 heteroatoms. The van der Waals surface area contributed by atoms with Crippen LogP contribution in [0.3, 0.4) is 0 Å². The van der Waals surface area contributed by atoms with E-state index in [1.165, 1.54) is 55.1 Å². The number of carbonyl (C=O) groups is 1. The van der Waals surface area contributed by atoms with Gasteiger partial charge < -0.3 is 5.32 Å². The van der Waals surface area contributed by atoms with E-state index in [0.29, 0.717) is 12.1 Å². The van der Waals surface area contributed by atoms with E-state index in [2.05, 4.69) is 21.5 Å². The molecule has 1 amide bonds. The van der Waals surface area contributed by atoms with Crippen molar-refractivity contribution in [2.75, 3.05) is 5.32 Å². The summed E-state index contributed by atoms with van der Waals surface area (Å²) in [5.74, 6) is 0.846. The van der Waals surface area contributed by atoms with E-state index in [4.69, 9.17) is 0 Å². The topological polar surface area (TPSA) is 94.0 Å². The summed E-state index contributed by atoms with van der Waals surface area (Å²) in [4.78, 5) is 14.7. The van der Waals surface area contributed by atoms with Crippen LogP contribution in [0.5, 0.6) is 0 Å². The number of rotatable bonds is 6. The molecule has 152 valence electrons. The van der Waals surface area contributed by atoms with Gasteiger partial charge in [0.1, 0.15) is 4.90 Å². The highest BCUT2D eigenvalue weighted by Crippen LogP contribution is 2.39. The van der Waals surface area contributed by atoms with Crippen LogP contribution in [0.1, 0.15) is 44.2 Å². The van der Waals surface area contributed by atoms with Crippen molar-refractivity contribution >= 4 is 21.9 Å². The molecule has 2 heterocycles. The van der Waals surface area contributed by atoms with Crippen LogP contribution in [0.2, 0.25) is 0 Å². The summed E-state index contributed by atoms with van der Waals surface area (Å²) in [6, 6.07) is 10.2. The predicted molar refractivity (Wildman–Crippen MR) is 110 cm³/mol. The van der Waals surface area contributed by atoms with Crippen LogP contribution in [0.25, 0.3) is 0 Å². The first-order chi connectivity index (χ1) is 13.9. The van der Waals surface area contributed by atoms with Crippen molar-refractivity contribution in [1.29, 1.82) is 0 Å². The highest BCUT2D eigenvalue weighted by molar-refractivity contribution is 7.91. The zero-order chi connectivity index (χ0) is 20.9. The zero-order valence-electron chi connectivity index (χ0n) is 16.4. The summed E-state index contributed by atoms with van der Waals surface area (Å²) < 4.78 is 26.4. The van der Waals surface area contributed by atoms with Crippen molar-refractivity contribution in [3.05, 3.63) is 66.7 Å². The smallest absolute Gasteiger partial charge is 0.211 e. The summed E-state index contributed by atoms with van der Waals surface area (Å²) in [5.41, 5.74) is 1.95. The second kappa shape index (κ2) is 9.00. The number of hydrogen-bond acceptors (Lipinski definition) is 5. The molecule has 3 aromatic rings.